The van der Waals surface area contributed by atoms with Gasteiger partial charge in [-0.25, -0.2) is 0 Å². The molecule has 1 atom stereocenters. The Labute approximate surface area is 114 Å². The molecule has 0 N–H and O–H groups in total. The van der Waals surface area contributed by atoms with Crippen molar-refractivity contribution in [3.8, 4) is 0 Å². The Morgan fingerprint density at radius 1 is 0.737 bits per heavy atom. The normalized spacial score (nSPS) is 12.7. The fourth-order valence-electron chi connectivity index (χ4n) is 2.25. The first-order chi connectivity index (χ1) is 9.20. The Hall–Kier alpha value is -1.83. The van der Waals surface area contributed by atoms with Crippen LogP contribution in [0.25, 0.3) is 10.8 Å². The van der Waals surface area contributed by atoms with Crippen molar-refractivity contribution in [1.29, 1.82) is 0 Å². The molecule has 0 aliphatic rings. The average Bonchev–Trinajstić information content (AvgIpc) is 2.72. The fourth-order valence-corrected chi connectivity index (χ4v) is 5.56. The first-order valence-corrected chi connectivity index (χ1v) is 9.39. The number of benzene rings is 2. The third-order valence-electron chi connectivity index (χ3n) is 3.23. The molecule has 0 spiro atoms. The van der Waals surface area contributed by atoms with E-state index >= 15 is 0 Å². The number of rotatable bonds is 1. The van der Waals surface area contributed by atoms with E-state index in [9.17, 15) is 9.59 Å². The van der Waals surface area contributed by atoms with E-state index in [0.29, 0.717) is 14.8 Å². The summed E-state index contributed by atoms with van der Waals surface area (Å²) in [5.74, 6) is 2.03. The zero-order valence-corrected chi connectivity index (χ0v) is 12.1. The quantitative estimate of drug-likeness (QED) is 0.639. The van der Waals surface area contributed by atoms with E-state index in [-0.39, 0.29) is 10.9 Å². The summed E-state index contributed by atoms with van der Waals surface area (Å²) >= 11 is -1.55. The molecule has 3 aromatic rings. The monoisotopic (exact) mass is 316 g/mol. The predicted molar refractivity (Wildman–Crippen MR) is 79.8 cm³/mol. The van der Waals surface area contributed by atoms with Crippen LogP contribution in [0.2, 0.25) is 5.82 Å². The zero-order chi connectivity index (χ0) is 13.4. The van der Waals surface area contributed by atoms with Gasteiger partial charge in [0.15, 0.2) is 0 Å². The average molecular weight is 315 g/mol. The van der Waals surface area contributed by atoms with Gasteiger partial charge < -0.3 is 0 Å². The van der Waals surface area contributed by atoms with Gasteiger partial charge in [0.2, 0.25) is 0 Å². The Morgan fingerprint density at radius 3 is 1.74 bits per heavy atom. The molecule has 3 aromatic carbocycles. The van der Waals surface area contributed by atoms with E-state index in [4.69, 9.17) is 0 Å². The van der Waals surface area contributed by atoms with Gasteiger partial charge in [-0.2, -0.15) is 0 Å². The second-order valence-corrected chi connectivity index (χ2v) is 8.34. The maximum absolute atomic E-state index is 12.4. The molecular formula is C16H12O2Se. The number of fused-ring (bicyclic) bond motifs is 1. The zero-order valence-electron chi connectivity index (χ0n) is 10.4. The maximum atomic E-state index is 12.4. The van der Waals surface area contributed by atoms with Crippen LogP contribution < -0.4 is 15.3 Å². The summed E-state index contributed by atoms with van der Waals surface area (Å²) in [4.78, 5) is 24.8. The molecule has 0 aromatic heterocycles. The standard InChI is InChI=1S/C16H12O2Se/c1-19(11-7-3-2-4-8-11)16-14(17)12-9-5-6-10-13(12)15(16)18/h2-10H,1H3. The molecule has 0 fully saturated rings. The summed E-state index contributed by atoms with van der Waals surface area (Å²) in [7, 11) is 0. The topological polar surface area (TPSA) is 34.1 Å². The molecule has 94 valence electrons. The van der Waals surface area contributed by atoms with Gasteiger partial charge in [0, 0.05) is 0 Å². The molecule has 3 heteroatoms. The predicted octanol–water partition coefficient (Wildman–Crippen LogP) is 1.58. The van der Waals surface area contributed by atoms with Crippen LogP contribution in [0.3, 0.4) is 0 Å². The van der Waals surface area contributed by atoms with Gasteiger partial charge in [0.25, 0.3) is 0 Å². The minimum absolute atomic E-state index is 0.0723. The number of hydrogen-bond donors (Lipinski definition) is 0. The molecule has 0 radical (unpaired) electrons. The Balaban J connectivity index is 2.51. The molecule has 0 heterocycles. The van der Waals surface area contributed by atoms with Gasteiger partial charge in [-0.15, -0.1) is 0 Å². The SMILES string of the molecule is C[Se](c1ccccc1)=c1c(=O)c2ccccc2c1=O. The molecular weight excluding hydrogens is 303 g/mol. The molecule has 0 aliphatic heterocycles. The van der Waals surface area contributed by atoms with Crippen molar-refractivity contribution in [3.63, 3.8) is 0 Å². The van der Waals surface area contributed by atoms with E-state index in [1.165, 1.54) is 0 Å². The molecule has 0 saturated heterocycles. The second-order valence-electron chi connectivity index (χ2n) is 4.36. The van der Waals surface area contributed by atoms with E-state index in [0.717, 1.165) is 4.46 Å². The van der Waals surface area contributed by atoms with Crippen molar-refractivity contribution < 1.29 is 0 Å². The van der Waals surface area contributed by atoms with Crippen LogP contribution in [-0.2, 0) is 0 Å². The number of hydrogen-bond acceptors (Lipinski definition) is 2. The first-order valence-electron chi connectivity index (χ1n) is 5.96. The van der Waals surface area contributed by atoms with Crippen molar-refractivity contribution >= 4 is 28.7 Å². The van der Waals surface area contributed by atoms with Crippen molar-refractivity contribution in [3.05, 3.63) is 79.1 Å². The summed E-state index contributed by atoms with van der Waals surface area (Å²) in [5.41, 5.74) is -0.145. The van der Waals surface area contributed by atoms with Crippen LogP contribution in [0.4, 0.5) is 0 Å². The Morgan fingerprint density at radius 2 is 1.21 bits per heavy atom. The van der Waals surface area contributed by atoms with Gasteiger partial charge in [-0.05, 0) is 0 Å². The first kappa shape index (κ1) is 12.2. The van der Waals surface area contributed by atoms with E-state index in [2.05, 4.69) is 0 Å². The third-order valence-corrected chi connectivity index (χ3v) is 7.35. The van der Waals surface area contributed by atoms with Crippen LogP contribution in [0.1, 0.15) is 0 Å². The van der Waals surface area contributed by atoms with Crippen LogP contribution in [0.15, 0.2) is 64.2 Å². The van der Waals surface area contributed by atoms with E-state index < -0.39 is 13.5 Å². The van der Waals surface area contributed by atoms with Gasteiger partial charge >= 0.3 is 114 Å². The Kier molecular flexibility index (Phi) is 3.01. The van der Waals surface area contributed by atoms with Gasteiger partial charge in [-0.1, -0.05) is 0 Å². The molecule has 0 saturated carbocycles. The van der Waals surface area contributed by atoms with Gasteiger partial charge in [0.05, 0.1) is 0 Å². The summed E-state index contributed by atoms with van der Waals surface area (Å²) in [6.07, 6.45) is 0. The summed E-state index contributed by atoms with van der Waals surface area (Å²) in [6, 6.07) is 16.9. The molecule has 3 rings (SSSR count). The molecule has 1 unspecified atom stereocenters. The van der Waals surface area contributed by atoms with Crippen molar-refractivity contribution in [1.82, 2.24) is 0 Å². The van der Waals surface area contributed by atoms with Crippen molar-refractivity contribution in [2.75, 3.05) is 0 Å². The van der Waals surface area contributed by atoms with Crippen LogP contribution in [0.5, 0.6) is 0 Å². The summed E-state index contributed by atoms with van der Waals surface area (Å²) in [5, 5.41) is 1.13. The molecule has 19 heavy (non-hydrogen) atoms. The second kappa shape index (κ2) is 4.69. The molecule has 0 aliphatic carbocycles. The van der Waals surface area contributed by atoms with Crippen LogP contribution >= 0.6 is 0 Å². The fraction of sp³-hybridized carbons (Fsp3) is 0.0625. The molecule has 2 nitrogen and oxygen atoms in total. The van der Waals surface area contributed by atoms with Crippen LogP contribution in [-0.4, -0.2) is 13.5 Å². The van der Waals surface area contributed by atoms with Gasteiger partial charge in [0.1, 0.15) is 0 Å². The van der Waals surface area contributed by atoms with Gasteiger partial charge in [-0.3, -0.25) is 0 Å². The Bertz CT molecular complexity index is 851. The van der Waals surface area contributed by atoms with E-state index in [1.54, 1.807) is 24.3 Å². The van der Waals surface area contributed by atoms with Crippen molar-refractivity contribution in [2.24, 2.45) is 0 Å². The third kappa shape index (κ3) is 1.92. The summed E-state index contributed by atoms with van der Waals surface area (Å²) < 4.78 is 1.62. The molecule has 0 bridgehead atoms. The molecule has 0 amide bonds. The summed E-state index contributed by atoms with van der Waals surface area (Å²) in [6.45, 7) is 0. The van der Waals surface area contributed by atoms with Crippen molar-refractivity contribution in [2.45, 2.75) is 5.82 Å². The minimum atomic E-state index is -1.55. The van der Waals surface area contributed by atoms with E-state index in [1.807, 2.05) is 36.2 Å². The van der Waals surface area contributed by atoms with Crippen LogP contribution in [0, 0.1) is 4.06 Å².